The molecule has 2 aromatic carbocycles. The molecule has 2 aromatic rings. The molecule has 0 heterocycles. The second kappa shape index (κ2) is 10.1. The average molecular weight is 365 g/mol. The smallest absolute Gasteiger partial charge is 0.0681 e. The number of unbranched alkanes of at least 4 members (excludes halogenated alkanes) is 2. The van der Waals surface area contributed by atoms with Gasteiger partial charge in [-0.05, 0) is 71.8 Å². The summed E-state index contributed by atoms with van der Waals surface area (Å²) in [4.78, 5) is 0. The van der Waals surface area contributed by atoms with Gasteiger partial charge in [0.1, 0.15) is 0 Å². The molecule has 3 rings (SSSR count). The van der Waals surface area contributed by atoms with Crippen LogP contribution in [0.4, 0.5) is 0 Å². The van der Waals surface area contributed by atoms with Gasteiger partial charge in [0.2, 0.25) is 0 Å². The van der Waals surface area contributed by atoms with Crippen LogP contribution in [0.5, 0.6) is 0 Å². The van der Waals surface area contributed by atoms with Crippen molar-refractivity contribution in [2.45, 2.75) is 84.2 Å². The highest BCUT2D eigenvalue weighted by molar-refractivity contribution is 5.68. The van der Waals surface area contributed by atoms with Gasteiger partial charge in [-0.3, -0.25) is 0 Å². The first kappa shape index (κ1) is 20.1. The maximum absolute atomic E-state index is 9.38. The molecule has 0 aromatic heterocycles. The molecule has 0 radical (unpaired) electrons. The van der Waals surface area contributed by atoms with Crippen LogP contribution in [0.2, 0.25) is 0 Å². The summed E-state index contributed by atoms with van der Waals surface area (Å²) in [5, 5.41) is 9.38. The molecule has 146 valence electrons. The minimum atomic E-state index is 0.118. The molecule has 1 aliphatic carbocycles. The van der Waals surface area contributed by atoms with Crippen molar-refractivity contribution >= 4 is 0 Å². The summed E-state index contributed by atoms with van der Waals surface area (Å²) < 4.78 is 0. The number of hydrogen-bond donors (Lipinski definition) is 1. The van der Waals surface area contributed by atoms with Gasteiger partial charge in [-0.15, -0.1) is 0 Å². The molecule has 0 bridgehead atoms. The summed E-state index contributed by atoms with van der Waals surface area (Å²) in [5.41, 5.74) is 6.45. The standard InChI is InChI=1S/C26H36O/c1-3-5-6-7-20-8-11-23(12-9-20)24-13-15-25(16-14-24)26-17-10-21(19-27)18-22(26)4-2/h10,13-18,20,23,27H,3-9,11-12,19H2,1-2H3. The Balaban J connectivity index is 1.63. The fourth-order valence-corrected chi connectivity index (χ4v) is 4.72. The van der Waals surface area contributed by atoms with E-state index < -0.39 is 0 Å². The topological polar surface area (TPSA) is 20.2 Å². The lowest BCUT2D eigenvalue weighted by molar-refractivity contribution is 0.282. The SMILES string of the molecule is CCCCCC1CCC(c2ccc(-c3ccc(CO)cc3CC)cc2)CC1. The van der Waals surface area contributed by atoms with E-state index in [1.54, 1.807) is 0 Å². The predicted molar refractivity (Wildman–Crippen MR) is 116 cm³/mol. The van der Waals surface area contributed by atoms with E-state index in [2.05, 4.69) is 50.2 Å². The number of hydrogen-bond acceptors (Lipinski definition) is 1. The van der Waals surface area contributed by atoms with Gasteiger partial charge >= 0.3 is 0 Å². The van der Waals surface area contributed by atoms with Gasteiger partial charge in [-0.25, -0.2) is 0 Å². The predicted octanol–water partition coefficient (Wildman–Crippen LogP) is 7.26. The molecule has 0 unspecified atom stereocenters. The molecule has 1 N–H and O–H groups in total. The quantitative estimate of drug-likeness (QED) is 0.489. The lowest BCUT2D eigenvalue weighted by atomic mass is 9.77. The first-order valence-electron chi connectivity index (χ1n) is 11.1. The Bertz CT molecular complexity index is 693. The first-order valence-corrected chi connectivity index (χ1v) is 11.1. The van der Waals surface area contributed by atoms with Crippen LogP contribution in [0, 0.1) is 5.92 Å². The van der Waals surface area contributed by atoms with Crippen LogP contribution >= 0.6 is 0 Å². The summed E-state index contributed by atoms with van der Waals surface area (Å²) >= 11 is 0. The number of aryl methyl sites for hydroxylation is 1. The van der Waals surface area contributed by atoms with Crippen LogP contribution in [0.25, 0.3) is 11.1 Å². The van der Waals surface area contributed by atoms with Gasteiger partial charge in [0.05, 0.1) is 6.61 Å². The normalized spacial score (nSPS) is 20.0. The second-order valence-corrected chi connectivity index (χ2v) is 8.34. The molecule has 1 saturated carbocycles. The van der Waals surface area contributed by atoms with Crippen LogP contribution in [-0.2, 0) is 13.0 Å². The Labute approximate surface area is 165 Å². The highest BCUT2D eigenvalue weighted by Gasteiger charge is 2.22. The van der Waals surface area contributed by atoms with E-state index in [0.29, 0.717) is 0 Å². The minimum Gasteiger partial charge on any atom is -0.392 e. The van der Waals surface area contributed by atoms with Crippen molar-refractivity contribution in [3.8, 4) is 11.1 Å². The van der Waals surface area contributed by atoms with Gasteiger partial charge in [0, 0.05) is 0 Å². The molecular formula is C26H36O. The molecule has 1 heteroatoms. The molecule has 0 amide bonds. The maximum Gasteiger partial charge on any atom is 0.0681 e. The van der Waals surface area contributed by atoms with Crippen LogP contribution in [-0.4, -0.2) is 5.11 Å². The number of aliphatic hydroxyl groups is 1. The van der Waals surface area contributed by atoms with Crippen molar-refractivity contribution < 1.29 is 5.11 Å². The van der Waals surface area contributed by atoms with Gasteiger partial charge in [-0.1, -0.05) is 82.0 Å². The molecule has 27 heavy (non-hydrogen) atoms. The van der Waals surface area contributed by atoms with Crippen molar-refractivity contribution in [2.24, 2.45) is 5.92 Å². The van der Waals surface area contributed by atoms with Crippen molar-refractivity contribution in [2.75, 3.05) is 0 Å². The average Bonchev–Trinajstić information content (AvgIpc) is 2.74. The third-order valence-corrected chi connectivity index (χ3v) is 6.49. The fraction of sp³-hybridized carbons (Fsp3) is 0.538. The Morgan fingerprint density at radius 2 is 1.63 bits per heavy atom. The summed E-state index contributed by atoms with van der Waals surface area (Å²) in [7, 11) is 0. The summed E-state index contributed by atoms with van der Waals surface area (Å²) in [6.45, 7) is 4.60. The minimum absolute atomic E-state index is 0.118. The van der Waals surface area contributed by atoms with E-state index in [0.717, 1.165) is 23.8 Å². The largest absolute Gasteiger partial charge is 0.392 e. The molecule has 0 aliphatic heterocycles. The molecule has 1 nitrogen and oxygen atoms in total. The zero-order valence-electron chi connectivity index (χ0n) is 17.2. The van der Waals surface area contributed by atoms with E-state index in [9.17, 15) is 5.11 Å². The summed E-state index contributed by atoms with van der Waals surface area (Å²) in [5.74, 6) is 1.73. The van der Waals surface area contributed by atoms with E-state index in [1.165, 1.54) is 73.6 Å². The van der Waals surface area contributed by atoms with E-state index >= 15 is 0 Å². The fourth-order valence-electron chi connectivity index (χ4n) is 4.72. The van der Waals surface area contributed by atoms with Gasteiger partial charge in [-0.2, -0.15) is 0 Å². The monoisotopic (exact) mass is 364 g/mol. The summed E-state index contributed by atoms with van der Waals surface area (Å²) in [6.07, 6.45) is 12.2. The highest BCUT2D eigenvalue weighted by Crippen LogP contribution is 2.38. The Hall–Kier alpha value is -1.60. The number of benzene rings is 2. The second-order valence-electron chi connectivity index (χ2n) is 8.34. The number of rotatable bonds is 8. The van der Waals surface area contributed by atoms with Gasteiger partial charge < -0.3 is 5.11 Å². The zero-order valence-corrected chi connectivity index (χ0v) is 17.2. The molecular weight excluding hydrogens is 328 g/mol. The van der Waals surface area contributed by atoms with E-state index in [4.69, 9.17) is 0 Å². The van der Waals surface area contributed by atoms with E-state index in [1.807, 2.05) is 6.07 Å². The molecule has 0 atom stereocenters. The molecule has 0 saturated heterocycles. The first-order chi connectivity index (χ1) is 13.2. The van der Waals surface area contributed by atoms with Gasteiger partial charge in [0.15, 0.2) is 0 Å². The third kappa shape index (κ3) is 5.23. The maximum atomic E-state index is 9.38. The highest BCUT2D eigenvalue weighted by atomic mass is 16.3. The van der Waals surface area contributed by atoms with Crippen molar-refractivity contribution in [1.82, 2.24) is 0 Å². The molecule has 1 aliphatic rings. The van der Waals surface area contributed by atoms with Crippen LogP contribution in [0.15, 0.2) is 42.5 Å². The van der Waals surface area contributed by atoms with Crippen LogP contribution in [0.3, 0.4) is 0 Å². The van der Waals surface area contributed by atoms with Crippen LogP contribution in [0.1, 0.15) is 87.8 Å². The van der Waals surface area contributed by atoms with Gasteiger partial charge in [0.25, 0.3) is 0 Å². The lowest BCUT2D eigenvalue weighted by Gasteiger charge is -2.29. The Kier molecular flexibility index (Phi) is 7.52. The molecule has 1 fully saturated rings. The number of aliphatic hydroxyl groups excluding tert-OH is 1. The zero-order chi connectivity index (χ0) is 19.1. The van der Waals surface area contributed by atoms with Crippen molar-refractivity contribution in [3.63, 3.8) is 0 Å². The van der Waals surface area contributed by atoms with Crippen molar-refractivity contribution in [1.29, 1.82) is 0 Å². The summed E-state index contributed by atoms with van der Waals surface area (Å²) in [6, 6.07) is 15.7. The Morgan fingerprint density at radius 1 is 0.889 bits per heavy atom. The Morgan fingerprint density at radius 3 is 2.26 bits per heavy atom. The van der Waals surface area contributed by atoms with Crippen molar-refractivity contribution in [3.05, 3.63) is 59.2 Å². The van der Waals surface area contributed by atoms with Crippen LogP contribution < -0.4 is 0 Å². The van der Waals surface area contributed by atoms with E-state index in [-0.39, 0.29) is 6.61 Å². The molecule has 0 spiro atoms. The lowest BCUT2D eigenvalue weighted by Crippen LogP contribution is -2.13. The third-order valence-electron chi connectivity index (χ3n) is 6.49.